The van der Waals surface area contributed by atoms with E-state index in [0.717, 1.165) is 6.61 Å². The lowest BCUT2D eigenvalue weighted by molar-refractivity contribution is 0.127. The molecule has 86 valence electrons. The second-order valence-corrected chi connectivity index (χ2v) is 4.42. The molecule has 0 amide bonds. The third-order valence-electron chi connectivity index (χ3n) is 2.77. The molecule has 3 unspecified atom stereocenters. The summed E-state index contributed by atoms with van der Waals surface area (Å²) in [6.45, 7) is 9.44. The minimum absolute atomic E-state index is 0.228. The topological polar surface area (TPSA) is 41.5 Å². The van der Waals surface area contributed by atoms with E-state index in [2.05, 4.69) is 26.1 Å². The van der Waals surface area contributed by atoms with Crippen LogP contribution in [0.5, 0.6) is 0 Å². The van der Waals surface area contributed by atoms with Crippen LogP contribution in [0.2, 0.25) is 0 Å². The fourth-order valence-electron chi connectivity index (χ4n) is 1.27. The van der Waals surface area contributed by atoms with Crippen LogP contribution in [0.3, 0.4) is 0 Å². The van der Waals surface area contributed by atoms with E-state index in [9.17, 15) is 0 Å². The summed E-state index contributed by atoms with van der Waals surface area (Å²) in [6, 6.07) is 0.687. The summed E-state index contributed by atoms with van der Waals surface area (Å²) < 4.78 is 5.15. The Balaban J connectivity index is 4.01. The Morgan fingerprint density at radius 2 is 1.79 bits per heavy atom. The Hall–Kier alpha value is -0.120. The van der Waals surface area contributed by atoms with E-state index in [-0.39, 0.29) is 12.5 Å². The molecule has 0 rings (SSSR count). The van der Waals surface area contributed by atoms with Gasteiger partial charge in [0.05, 0.1) is 6.61 Å². The first-order valence-corrected chi connectivity index (χ1v) is 5.38. The van der Waals surface area contributed by atoms with E-state index in [4.69, 9.17) is 9.84 Å². The van der Waals surface area contributed by atoms with E-state index >= 15 is 0 Å². The lowest BCUT2D eigenvalue weighted by Crippen LogP contribution is -2.46. The highest BCUT2D eigenvalue weighted by Gasteiger charge is 2.18. The summed E-state index contributed by atoms with van der Waals surface area (Å²) in [6.07, 6.45) is 0. The fraction of sp³-hybridized carbons (Fsp3) is 1.00. The molecule has 2 N–H and O–H groups in total. The van der Waals surface area contributed by atoms with Crippen molar-refractivity contribution in [3.8, 4) is 0 Å². The molecule has 0 fully saturated rings. The average molecular weight is 203 g/mol. The Morgan fingerprint density at radius 1 is 1.21 bits per heavy atom. The Labute approximate surface area is 87.8 Å². The minimum Gasteiger partial charge on any atom is -0.396 e. The van der Waals surface area contributed by atoms with Gasteiger partial charge < -0.3 is 15.2 Å². The van der Waals surface area contributed by atoms with Crippen molar-refractivity contribution in [1.29, 1.82) is 0 Å². The maximum absolute atomic E-state index is 9.02. The van der Waals surface area contributed by atoms with E-state index in [1.54, 1.807) is 7.11 Å². The SMILES string of the molecule is COCC(NC(C)C(C)CO)C(C)C. The Morgan fingerprint density at radius 3 is 2.14 bits per heavy atom. The maximum atomic E-state index is 9.02. The first-order valence-electron chi connectivity index (χ1n) is 5.38. The highest BCUT2D eigenvalue weighted by Crippen LogP contribution is 2.07. The summed E-state index contributed by atoms with van der Waals surface area (Å²) in [7, 11) is 1.72. The predicted octanol–water partition coefficient (Wildman–Crippen LogP) is 1.26. The third-order valence-corrected chi connectivity index (χ3v) is 2.77. The second-order valence-electron chi connectivity index (χ2n) is 4.42. The van der Waals surface area contributed by atoms with Crippen molar-refractivity contribution in [2.45, 2.75) is 39.8 Å². The first kappa shape index (κ1) is 13.9. The molecule has 0 heterocycles. The van der Waals surface area contributed by atoms with Gasteiger partial charge in [-0.1, -0.05) is 20.8 Å². The van der Waals surface area contributed by atoms with Crippen LogP contribution in [-0.2, 0) is 4.74 Å². The van der Waals surface area contributed by atoms with Gasteiger partial charge in [-0.2, -0.15) is 0 Å². The fourth-order valence-corrected chi connectivity index (χ4v) is 1.27. The van der Waals surface area contributed by atoms with Crippen LogP contribution < -0.4 is 5.32 Å². The van der Waals surface area contributed by atoms with Gasteiger partial charge in [0.1, 0.15) is 0 Å². The van der Waals surface area contributed by atoms with Gasteiger partial charge in [0.2, 0.25) is 0 Å². The average Bonchev–Trinajstić information content (AvgIpc) is 2.15. The molecule has 0 radical (unpaired) electrons. The number of hydrogen-bond acceptors (Lipinski definition) is 3. The highest BCUT2D eigenvalue weighted by molar-refractivity contribution is 4.76. The molecule has 3 nitrogen and oxygen atoms in total. The first-order chi connectivity index (χ1) is 6.52. The molecule has 3 heteroatoms. The van der Waals surface area contributed by atoms with Gasteiger partial charge in [-0.25, -0.2) is 0 Å². The van der Waals surface area contributed by atoms with Crippen LogP contribution in [0.15, 0.2) is 0 Å². The van der Waals surface area contributed by atoms with Gasteiger partial charge in [0.25, 0.3) is 0 Å². The van der Waals surface area contributed by atoms with Crippen molar-refractivity contribution in [2.24, 2.45) is 11.8 Å². The van der Waals surface area contributed by atoms with E-state index in [1.165, 1.54) is 0 Å². The van der Waals surface area contributed by atoms with Crippen molar-refractivity contribution in [2.75, 3.05) is 20.3 Å². The monoisotopic (exact) mass is 203 g/mol. The molecule has 14 heavy (non-hydrogen) atoms. The molecular formula is C11H25NO2. The van der Waals surface area contributed by atoms with Crippen LogP contribution in [0.25, 0.3) is 0 Å². The summed E-state index contributed by atoms with van der Waals surface area (Å²) in [5.74, 6) is 0.830. The normalized spacial score (nSPS) is 18.2. The standard InChI is InChI=1S/C11H25NO2/c1-8(2)11(7-14-5)12-10(4)9(3)6-13/h8-13H,6-7H2,1-5H3. The van der Waals surface area contributed by atoms with Crippen LogP contribution in [0, 0.1) is 11.8 Å². The maximum Gasteiger partial charge on any atom is 0.0618 e. The number of aliphatic hydroxyl groups is 1. The molecule has 0 aliphatic rings. The van der Waals surface area contributed by atoms with Gasteiger partial charge in [-0.05, 0) is 18.8 Å². The zero-order chi connectivity index (χ0) is 11.1. The number of methoxy groups -OCH3 is 1. The van der Waals surface area contributed by atoms with Crippen molar-refractivity contribution in [3.63, 3.8) is 0 Å². The Bertz CT molecular complexity index is 139. The summed E-state index contributed by atoms with van der Waals surface area (Å²) in [4.78, 5) is 0. The molecule has 0 saturated carbocycles. The van der Waals surface area contributed by atoms with Gasteiger partial charge >= 0.3 is 0 Å². The Kier molecular flexibility index (Phi) is 7.15. The highest BCUT2D eigenvalue weighted by atomic mass is 16.5. The lowest BCUT2D eigenvalue weighted by Gasteiger charge is -2.28. The van der Waals surface area contributed by atoms with E-state index < -0.39 is 0 Å². The quantitative estimate of drug-likeness (QED) is 0.654. The van der Waals surface area contributed by atoms with Crippen LogP contribution in [0.1, 0.15) is 27.7 Å². The van der Waals surface area contributed by atoms with Gasteiger partial charge in [0.15, 0.2) is 0 Å². The van der Waals surface area contributed by atoms with E-state index in [1.807, 2.05) is 6.92 Å². The van der Waals surface area contributed by atoms with Gasteiger partial charge in [-0.3, -0.25) is 0 Å². The van der Waals surface area contributed by atoms with Crippen LogP contribution in [0.4, 0.5) is 0 Å². The molecule has 0 aromatic heterocycles. The molecule has 0 saturated heterocycles. The lowest BCUT2D eigenvalue weighted by atomic mass is 10.00. The van der Waals surface area contributed by atoms with Crippen molar-refractivity contribution in [1.82, 2.24) is 5.32 Å². The predicted molar refractivity (Wildman–Crippen MR) is 59.3 cm³/mol. The summed E-state index contributed by atoms with van der Waals surface area (Å²) >= 11 is 0. The molecule has 3 atom stereocenters. The molecule has 0 bridgehead atoms. The number of ether oxygens (including phenoxy) is 1. The molecule has 0 spiro atoms. The molecule has 0 aliphatic carbocycles. The van der Waals surface area contributed by atoms with E-state index in [0.29, 0.717) is 18.0 Å². The van der Waals surface area contributed by atoms with Gasteiger partial charge in [0, 0.05) is 25.8 Å². The molecular weight excluding hydrogens is 178 g/mol. The van der Waals surface area contributed by atoms with Crippen LogP contribution >= 0.6 is 0 Å². The molecule has 0 aliphatic heterocycles. The largest absolute Gasteiger partial charge is 0.396 e. The van der Waals surface area contributed by atoms with Crippen molar-refractivity contribution in [3.05, 3.63) is 0 Å². The van der Waals surface area contributed by atoms with Crippen molar-refractivity contribution >= 4 is 0 Å². The van der Waals surface area contributed by atoms with Gasteiger partial charge in [-0.15, -0.1) is 0 Å². The summed E-state index contributed by atoms with van der Waals surface area (Å²) in [5.41, 5.74) is 0. The van der Waals surface area contributed by atoms with Crippen molar-refractivity contribution < 1.29 is 9.84 Å². The number of rotatable bonds is 7. The smallest absolute Gasteiger partial charge is 0.0618 e. The number of aliphatic hydroxyl groups excluding tert-OH is 1. The van der Waals surface area contributed by atoms with Crippen LogP contribution in [-0.4, -0.2) is 37.5 Å². The zero-order valence-electron chi connectivity index (χ0n) is 10.1. The molecule has 0 aromatic rings. The third kappa shape index (κ3) is 4.94. The summed E-state index contributed by atoms with van der Waals surface area (Å²) in [5, 5.41) is 12.5. The number of nitrogens with one attached hydrogen (secondary N) is 1. The number of hydrogen-bond donors (Lipinski definition) is 2. The zero-order valence-corrected chi connectivity index (χ0v) is 10.1. The second kappa shape index (κ2) is 7.21. The minimum atomic E-state index is 0.228. The molecule has 0 aromatic carbocycles.